The van der Waals surface area contributed by atoms with Gasteiger partial charge in [0.05, 0.1) is 5.92 Å². The van der Waals surface area contributed by atoms with Crippen LogP contribution in [0.3, 0.4) is 0 Å². The number of ether oxygens (including phenoxy) is 2. The molecule has 0 saturated carbocycles. The molecular weight excluding hydrogens is 310 g/mol. The molecule has 1 saturated heterocycles. The van der Waals surface area contributed by atoms with Crippen molar-refractivity contribution in [2.75, 3.05) is 19.9 Å². The lowest BCUT2D eigenvalue weighted by Gasteiger charge is -2.31. The average molecular weight is 329 g/mol. The standard InChI is InChI=1S/C17H19N3O4/c1-2-15-18-16(24-19-15)12-4-3-7-20(9-12)17(21)11-5-6-13-14(8-11)23-10-22-13/h5-6,8,12H,2-4,7,9-10H2,1H3/t12-/m1/s1. The second-order valence-electron chi connectivity index (χ2n) is 6.06. The van der Waals surface area contributed by atoms with Gasteiger partial charge >= 0.3 is 0 Å². The van der Waals surface area contributed by atoms with E-state index in [9.17, 15) is 4.79 Å². The van der Waals surface area contributed by atoms with Crippen LogP contribution in [-0.4, -0.2) is 40.8 Å². The minimum Gasteiger partial charge on any atom is -0.454 e. The first-order valence-corrected chi connectivity index (χ1v) is 8.26. The number of aryl methyl sites for hydroxylation is 1. The van der Waals surface area contributed by atoms with Crippen molar-refractivity contribution in [2.45, 2.75) is 32.1 Å². The summed E-state index contributed by atoms with van der Waals surface area (Å²) in [5.41, 5.74) is 0.611. The highest BCUT2D eigenvalue weighted by Gasteiger charge is 2.29. The van der Waals surface area contributed by atoms with E-state index in [2.05, 4.69) is 10.1 Å². The number of amides is 1. The van der Waals surface area contributed by atoms with Crippen molar-refractivity contribution >= 4 is 5.91 Å². The van der Waals surface area contributed by atoms with Crippen molar-refractivity contribution in [2.24, 2.45) is 0 Å². The summed E-state index contributed by atoms with van der Waals surface area (Å²) < 4.78 is 16.0. The molecule has 1 amide bonds. The Morgan fingerprint density at radius 3 is 3.04 bits per heavy atom. The van der Waals surface area contributed by atoms with Crippen LogP contribution in [0.5, 0.6) is 11.5 Å². The fraction of sp³-hybridized carbons (Fsp3) is 0.471. The van der Waals surface area contributed by atoms with E-state index >= 15 is 0 Å². The van der Waals surface area contributed by atoms with Crippen LogP contribution in [0.1, 0.15) is 47.8 Å². The first-order valence-electron chi connectivity index (χ1n) is 8.26. The van der Waals surface area contributed by atoms with E-state index < -0.39 is 0 Å². The van der Waals surface area contributed by atoms with E-state index in [1.807, 2.05) is 11.8 Å². The van der Waals surface area contributed by atoms with E-state index in [1.54, 1.807) is 18.2 Å². The minimum absolute atomic E-state index is 0.00627. The molecule has 0 bridgehead atoms. The molecule has 1 fully saturated rings. The van der Waals surface area contributed by atoms with Crippen LogP contribution in [0.2, 0.25) is 0 Å². The topological polar surface area (TPSA) is 77.7 Å². The number of hydrogen-bond donors (Lipinski definition) is 0. The van der Waals surface area contributed by atoms with Gasteiger partial charge in [0.15, 0.2) is 17.3 Å². The Balaban J connectivity index is 1.50. The summed E-state index contributed by atoms with van der Waals surface area (Å²) in [7, 11) is 0. The minimum atomic E-state index is -0.00627. The number of carbonyl (C=O) groups excluding carboxylic acids is 1. The molecule has 0 unspecified atom stereocenters. The summed E-state index contributed by atoms with van der Waals surface area (Å²) in [6.07, 6.45) is 2.62. The number of fused-ring (bicyclic) bond motifs is 1. The molecule has 126 valence electrons. The van der Waals surface area contributed by atoms with Gasteiger partial charge in [-0.15, -0.1) is 0 Å². The zero-order chi connectivity index (χ0) is 16.5. The number of hydrogen-bond acceptors (Lipinski definition) is 6. The fourth-order valence-electron chi connectivity index (χ4n) is 3.15. The van der Waals surface area contributed by atoms with Gasteiger partial charge in [-0.2, -0.15) is 4.98 Å². The molecule has 2 aliphatic heterocycles. The summed E-state index contributed by atoms with van der Waals surface area (Å²) >= 11 is 0. The van der Waals surface area contributed by atoms with E-state index in [4.69, 9.17) is 14.0 Å². The molecule has 24 heavy (non-hydrogen) atoms. The van der Waals surface area contributed by atoms with Crippen LogP contribution < -0.4 is 9.47 Å². The largest absolute Gasteiger partial charge is 0.454 e. The quantitative estimate of drug-likeness (QED) is 0.860. The van der Waals surface area contributed by atoms with Crippen LogP contribution in [0.4, 0.5) is 0 Å². The molecule has 1 aromatic heterocycles. The number of likely N-dealkylation sites (tertiary alicyclic amines) is 1. The summed E-state index contributed by atoms with van der Waals surface area (Å²) in [5.74, 6) is 2.75. The van der Waals surface area contributed by atoms with Crippen LogP contribution in [-0.2, 0) is 6.42 Å². The smallest absolute Gasteiger partial charge is 0.254 e. The number of nitrogens with zero attached hydrogens (tertiary/aromatic N) is 3. The molecule has 4 rings (SSSR count). The molecule has 7 heteroatoms. The molecule has 2 aliphatic rings. The molecule has 7 nitrogen and oxygen atoms in total. The first kappa shape index (κ1) is 15.0. The van der Waals surface area contributed by atoms with Gasteiger partial charge in [0.25, 0.3) is 5.91 Å². The van der Waals surface area contributed by atoms with Gasteiger partial charge in [0.2, 0.25) is 12.7 Å². The predicted octanol–water partition coefficient (Wildman–Crippen LogP) is 2.38. The number of carbonyl (C=O) groups is 1. The first-order chi connectivity index (χ1) is 11.7. The molecule has 3 heterocycles. The third kappa shape index (κ3) is 2.70. The summed E-state index contributed by atoms with van der Waals surface area (Å²) in [6.45, 7) is 3.53. The molecule has 2 aromatic rings. The average Bonchev–Trinajstić information content (AvgIpc) is 3.29. The van der Waals surface area contributed by atoms with Gasteiger partial charge in [-0.25, -0.2) is 0 Å². The van der Waals surface area contributed by atoms with Gasteiger partial charge in [-0.05, 0) is 31.0 Å². The van der Waals surface area contributed by atoms with Crippen LogP contribution >= 0.6 is 0 Å². The van der Waals surface area contributed by atoms with E-state index in [0.717, 1.165) is 25.8 Å². The highest BCUT2D eigenvalue weighted by atomic mass is 16.7. The second kappa shape index (κ2) is 6.14. The lowest BCUT2D eigenvalue weighted by molar-refractivity contribution is 0.0695. The van der Waals surface area contributed by atoms with Crippen LogP contribution in [0.15, 0.2) is 22.7 Å². The van der Waals surface area contributed by atoms with Crippen LogP contribution in [0.25, 0.3) is 0 Å². The highest BCUT2D eigenvalue weighted by molar-refractivity contribution is 5.95. The maximum Gasteiger partial charge on any atom is 0.254 e. The summed E-state index contributed by atoms with van der Waals surface area (Å²) in [5, 5.41) is 3.96. The number of benzene rings is 1. The Hall–Kier alpha value is -2.57. The Bertz CT molecular complexity index is 758. The summed E-state index contributed by atoms with van der Waals surface area (Å²) in [4.78, 5) is 19.1. The van der Waals surface area contributed by atoms with Crippen LogP contribution in [0, 0.1) is 0 Å². The van der Waals surface area contributed by atoms with E-state index in [-0.39, 0.29) is 18.6 Å². The van der Waals surface area contributed by atoms with Crippen molar-refractivity contribution in [3.8, 4) is 11.5 Å². The maximum absolute atomic E-state index is 12.8. The lowest BCUT2D eigenvalue weighted by Crippen LogP contribution is -2.39. The Kier molecular flexibility index (Phi) is 3.84. The molecule has 1 atom stereocenters. The van der Waals surface area contributed by atoms with Crippen molar-refractivity contribution in [1.29, 1.82) is 0 Å². The normalized spacial score (nSPS) is 19.5. The molecule has 1 aromatic carbocycles. The SMILES string of the molecule is CCc1noc([C@@H]2CCCN(C(=O)c3ccc4c(c3)OCO4)C2)n1. The summed E-state index contributed by atoms with van der Waals surface area (Å²) in [6, 6.07) is 5.31. The van der Waals surface area contributed by atoms with Gasteiger partial charge < -0.3 is 18.9 Å². The molecule has 0 N–H and O–H groups in total. The number of piperidine rings is 1. The second-order valence-corrected chi connectivity index (χ2v) is 6.06. The molecule has 0 aliphatic carbocycles. The van der Waals surface area contributed by atoms with Crippen molar-refractivity contribution in [1.82, 2.24) is 15.0 Å². The van der Waals surface area contributed by atoms with Crippen molar-refractivity contribution in [3.63, 3.8) is 0 Å². The van der Waals surface area contributed by atoms with Crippen molar-refractivity contribution < 1.29 is 18.8 Å². The highest BCUT2D eigenvalue weighted by Crippen LogP contribution is 2.33. The zero-order valence-electron chi connectivity index (χ0n) is 13.5. The van der Waals surface area contributed by atoms with Gasteiger partial charge in [-0.1, -0.05) is 12.1 Å². The zero-order valence-corrected chi connectivity index (χ0v) is 13.5. The van der Waals surface area contributed by atoms with E-state index in [0.29, 0.717) is 35.3 Å². The Morgan fingerprint density at radius 1 is 1.33 bits per heavy atom. The number of aromatic nitrogens is 2. The van der Waals surface area contributed by atoms with Crippen molar-refractivity contribution in [3.05, 3.63) is 35.5 Å². The Labute approximate surface area is 139 Å². The van der Waals surface area contributed by atoms with E-state index in [1.165, 1.54) is 0 Å². The number of rotatable bonds is 3. The Morgan fingerprint density at radius 2 is 2.21 bits per heavy atom. The predicted molar refractivity (Wildman–Crippen MR) is 84.1 cm³/mol. The molecule has 0 spiro atoms. The van der Waals surface area contributed by atoms with Gasteiger partial charge in [0.1, 0.15) is 0 Å². The molecular formula is C17H19N3O4. The maximum atomic E-state index is 12.8. The molecule has 0 radical (unpaired) electrons. The van der Waals surface area contributed by atoms with Gasteiger partial charge in [-0.3, -0.25) is 4.79 Å². The fourth-order valence-corrected chi connectivity index (χ4v) is 3.15. The third-order valence-corrected chi connectivity index (χ3v) is 4.48. The third-order valence-electron chi connectivity index (χ3n) is 4.48. The lowest BCUT2D eigenvalue weighted by atomic mass is 9.97. The van der Waals surface area contributed by atoms with Gasteiger partial charge in [0, 0.05) is 25.1 Å². The monoisotopic (exact) mass is 329 g/mol.